The molecule has 2 saturated heterocycles. The Balaban J connectivity index is 2.12. The number of hydrogen-bond acceptors (Lipinski definition) is 2. The molecule has 2 fully saturated rings. The zero-order valence-corrected chi connectivity index (χ0v) is 8.88. The highest BCUT2D eigenvalue weighted by Crippen LogP contribution is 2.36. The predicted molar refractivity (Wildman–Crippen MR) is 53.9 cm³/mol. The van der Waals surface area contributed by atoms with Crippen LogP contribution in [0.5, 0.6) is 0 Å². The van der Waals surface area contributed by atoms with Crippen LogP contribution in [0.15, 0.2) is 0 Å². The first-order valence-electron chi connectivity index (χ1n) is 5.59. The van der Waals surface area contributed by atoms with Crippen LogP contribution in [-0.2, 0) is 4.74 Å². The first kappa shape index (κ1) is 9.47. The molecule has 2 aliphatic heterocycles. The van der Waals surface area contributed by atoms with Crippen molar-refractivity contribution in [3.05, 3.63) is 0 Å². The summed E-state index contributed by atoms with van der Waals surface area (Å²) >= 11 is 0. The van der Waals surface area contributed by atoms with Crippen molar-refractivity contribution in [3.63, 3.8) is 0 Å². The van der Waals surface area contributed by atoms with E-state index in [1.54, 1.807) is 0 Å². The second-order valence-electron chi connectivity index (χ2n) is 4.77. The molecule has 1 unspecified atom stereocenters. The average Bonchev–Trinajstić information content (AvgIpc) is 2.54. The Morgan fingerprint density at radius 3 is 2.69 bits per heavy atom. The summed E-state index contributed by atoms with van der Waals surface area (Å²) in [7, 11) is 0. The van der Waals surface area contributed by atoms with Crippen molar-refractivity contribution >= 4 is 0 Å². The molecule has 0 amide bonds. The molecule has 2 heterocycles. The van der Waals surface area contributed by atoms with Crippen molar-refractivity contribution < 1.29 is 4.74 Å². The van der Waals surface area contributed by atoms with Gasteiger partial charge in [-0.15, -0.1) is 0 Å². The highest BCUT2D eigenvalue weighted by atomic mass is 16.5. The molecule has 0 aliphatic carbocycles. The van der Waals surface area contributed by atoms with E-state index < -0.39 is 0 Å². The van der Waals surface area contributed by atoms with Crippen LogP contribution in [0, 0.1) is 0 Å². The molecule has 1 atom stereocenters. The van der Waals surface area contributed by atoms with Gasteiger partial charge < -0.3 is 4.74 Å². The van der Waals surface area contributed by atoms with Crippen molar-refractivity contribution in [3.8, 4) is 0 Å². The normalized spacial score (nSPS) is 36.2. The fourth-order valence-electron chi connectivity index (χ4n) is 2.94. The van der Waals surface area contributed by atoms with E-state index in [9.17, 15) is 0 Å². The Hall–Kier alpha value is -0.0800. The van der Waals surface area contributed by atoms with Crippen LogP contribution in [0.25, 0.3) is 0 Å². The topological polar surface area (TPSA) is 12.5 Å². The molecule has 13 heavy (non-hydrogen) atoms. The standard InChI is InChI=1S/C11H21NO/c1-10(2)12-7-4-3-5-11(12)6-8-13-9-11/h10H,3-9H2,1-2H3. The number of piperidine rings is 1. The average molecular weight is 183 g/mol. The van der Waals surface area contributed by atoms with E-state index >= 15 is 0 Å². The summed E-state index contributed by atoms with van der Waals surface area (Å²) in [6.45, 7) is 7.85. The fourth-order valence-corrected chi connectivity index (χ4v) is 2.94. The maximum Gasteiger partial charge on any atom is 0.0651 e. The van der Waals surface area contributed by atoms with E-state index in [2.05, 4.69) is 18.7 Å². The highest BCUT2D eigenvalue weighted by Gasteiger charge is 2.42. The molecule has 0 aromatic rings. The summed E-state index contributed by atoms with van der Waals surface area (Å²) in [5.74, 6) is 0. The maximum absolute atomic E-state index is 5.58. The molecule has 2 rings (SSSR count). The largest absolute Gasteiger partial charge is 0.379 e. The third-order valence-electron chi connectivity index (χ3n) is 3.61. The third-order valence-corrected chi connectivity index (χ3v) is 3.61. The molecule has 0 saturated carbocycles. The van der Waals surface area contributed by atoms with Crippen molar-refractivity contribution in [2.24, 2.45) is 0 Å². The summed E-state index contributed by atoms with van der Waals surface area (Å²) in [6, 6.07) is 0.682. The monoisotopic (exact) mass is 183 g/mol. The summed E-state index contributed by atoms with van der Waals surface area (Å²) in [4.78, 5) is 2.67. The maximum atomic E-state index is 5.58. The SMILES string of the molecule is CC(C)N1CCCCC12CCOC2. The lowest BCUT2D eigenvalue weighted by atomic mass is 9.85. The quantitative estimate of drug-likeness (QED) is 0.617. The number of nitrogens with zero attached hydrogens (tertiary/aromatic N) is 1. The molecule has 0 bridgehead atoms. The van der Waals surface area contributed by atoms with Crippen LogP contribution in [-0.4, -0.2) is 36.2 Å². The van der Waals surface area contributed by atoms with E-state index in [1.807, 2.05) is 0 Å². The van der Waals surface area contributed by atoms with Crippen LogP contribution in [0.4, 0.5) is 0 Å². The molecule has 1 spiro atoms. The predicted octanol–water partition coefficient (Wildman–Crippen LogP) is 2.04. The van der Waals surface area contributed by atoms with Gasteiger partial charge in [0.15, 0.2) is 0 Å². The molecule has 2 nitrogen and oxygen atoms in total. The second kappa shape index (κ2) is 3.58. The number of hydrogen-bond donors (Lipinski definition) is 0. The fraction of sp³-hybridized carbons (Fsp3) is 1.00. The first-order valence-corrected chi connectivity index (χ1v) is 5.59. The minimum atomic E-state index is 0.423. The van der Waals surface area contributed by atoms with Gasteiger partial charge in [-0.05, 0) is 39.7 Å². The van der Waals surface area contributed by atoms with Crippen molar-refractivity contribution in [2.75, 3.05) is 19.8 Å². The van der Waals surface area contributed by atoms with Gasteiger partial charge in [-0.1, -0.05) is 6.42 Å². The van der Waals surface area contributed by atoms with Crippen molar-refractivity contribution in [2.45, 2.75) is 51.1 Å². The summed E-state index contributed by atoms with van der Waals surface area (Å²) in [5.41, 5.74) is 0.423. The highest BCUT2D eigenvalue weighted by molar-refractivity contribution is 4.97. The van der Waals surface area contributed by atoms with Gasteiger partial charge in [0.1, 0.15) is 0 Å². The zero-order valence-electron chi connectivity index (χ0n) is 8.88. The number of likely N-dealkylation sites (tertiary alicyclic amines) is 1. The van der Waals surface area contributed by atoms with Gasteiger partial charge in [0.05, 0.1) is 6.61 Å². The van der Waals surface area contributed by atoms with Crippen molar-refractivity contribution in [1.82, 2.24) is 4.90 Å². The van der Waals surface area contributed by atoms with Gasteiger partial charge in [0.2, 0.25) is 0 Å². The van der Waals surface area contributed by atoms with Crippen LogP contribution in [0.2, 0.25) is 0 Å². The van der Waals surface area contributed by atoms with Crippen LogP contribution in [0.3, 0.4) is 0 Å². The van der Waals surface area contributed by atoms with Crippen LogP contribution in [0.1, 0.15) is 39.5 Å². The van der Waals surface area contributed by atoms with E-state index in [-0.39, 0.29) is 0 Å². The van der Waals surface area contributed by atoms with Gasteiger partial charge in [-0.2, -0.15) is 0 Å². The molecule has 0 aromatic carbocycles. The molecular formula is C11H21NO. The lowest BCUT2D eigenvalue weighted by molar-refractivity contribution is 0.0103. The molecule has 0 aromatic heterocycles. The van der Waals surface area contributed by atoms with Crippen LogP contribution >= 0.6 is 0 Å². The summed E-state index contributed by atoms with van der Waals surface area (Å²) in [5, 5.41) is 0. The van der Waals surface area contributed by atoms with Gasteiger partial charge >= 0.3 is 0 Å². The van der Waals surface area contributed by atoms with Gasteiger partial charge in [0, 0.05) is 18.2 Å². The number of ether oxygens (including phenoxy) is 1. The Labute approximate surface area is 81.3 Å². The Bertz CT molecular complexity index is 173. The van der Waals surface area contributed by atoms with Gasteiger partial charge in [-0.25, -0.2) is 0 Å². The third kappa shape index (κ3) is 1.62. The molecular weight excluding hydrogens is 162 g/mol. The summed E-state index contributed by atoms with van der Waals surface area (Å²) < 4.78 is 5.58. The minimum Gasteiger partial charge on any atom is -0.379 e. The smallest absolute Gasteiger partial charge is 0.0651 e. The van der Waals surface area contributed by atoms with Gasteiger partial charge in [0.25, 0.3) is 0 Å². The Kier molecular flexibility index (Phi) is 2.61. The second-order valence-corrected chi connectivity index (χ2v) is 4.77. The van der Waals surface area contributed by atoms with Gasteiger partial charge in [-0.3, -0.25) is 4.90 Å². The molecule has 2 heteroatoms. The Morgan fingerprint density at radius 1 is 1.23 bits per heavy atom. The lowest BCUT2D eigenvalue weighted by Gasteiger charge is -2.46. The number of rotatable bonds is 1. The van der Waals surface area contributed by atoms with E-state index in [0.29, 0.717) is 11.6 Å². The van der Waals surface area contributed by atoms with E-state index in [4.69, 9.17) is 4.74 Å². The zero-order chi connectivity index (χ0) is 9.31. The lowest BCUT2D eigenvalue weighted by Crippen LogP contribution is -2.55. The molecule has 76 valence electrons. The summed E-state index contributed by atoms with van der Waals surface area (Å²) in [6.07, 6.45) is 5.38. The Morgan fingerprint density at radius 2 is 2.08 bits per heavy atom. The molecule has 0 N–H and O–H groups in total. The first-order chi connectivity index (χ1) is 6.25. The molecule has 2 aliphatic rings. The molecule has 0 radical (unpaired) electrons. The van der Waals surface area contributed by atoms with E-state index in [1.165, 1.54) is 32.2 Å². The van der Waals surface area contributed by atoms with E-state index in [0.717, 1.165) is 13.2 Å². The van der Waals surface area contributed by atoms with Crippen LogP contribution < -0.4 is 0 Å². The minimum absolute atomic E-state index is 0.423. The van der Waals surface area contributed by atoms with Crippen molar-refractivity contribution in [1.29, 1.82) is 0 Å².